The van der Waals surface area contributed by atoms with Gasteiger partial charge >= 0.3 is 5.97 Å². The van der Waals surface area contributed by atoms with Crippen LogP contribution >= 0.6 is 15.9 Å². The molecule has 0 aliphatic heterocycles. The van der Waals surface area contributed by atoms with Gasteiger partial charge in [0.05, 0.1) is 5.41 Å². The Morgan fingerprint density at radius 3 is 2.68 bits per heavy atom. The molecular weight excluding hydrogens is 310 g/mol. The van der Waals surface area contributed by atoms with Gasteiger partial charge in [-0.15, -0.1) is 0 Å². The summed E-state index contributed by atoms with van der Waals surface area (Å²) >= 11 is 3.38. The maximum Gasteiger partial charge on any atom is 0.310 e. The van der Waals surface area contributed by atoms with Gasteiger partial charge in [0.1, 0.15) is 5.52 Å². The second-order valence-corrected chi connectivity index (χ2v) is 5.60. The molecule has 0 atom stereocenters. The van der Waals surface area contributed by atoms with Crippen molar-refractivity contribution in [3.63, 3.8) is 0 Å². The predicted octanol–water partition coefficient (Wildman–Crippen LogP) is 4.02. The Balaban J connectivity index is 2.36. The summed E-state index contributed by atoms with van der Waals surface area (Å²) in [5.41, 5.74) is 0.638. The number of carboxylic acids is 1. The van der Waals surface area contributed by atoms with Crippen molar-refractivity contribution >= 4 is 33.0 Å². The lowest BCUT2D eigenvalue weighted by atomic mass is 9.79. The summed E-state index contributed by atoms with van der Waals surface area (Å²) in [6, 6.07) is 5.57. The fourth-order valence-electron chi connectivity index (χ4n) is 2.19. The van der Waals surface area contributed by atoms with Crippen molar-refractivity contribution in [3.8, 4) is 0 Å². The lowest BCUT2D eigenvalue weighted by molar-refractivity contribution is -0.149. The quantitative estimate of drug-likeness (QED) is 0.901. The second-order valence-electron chi connectivity index (χ2n) is 4.69. The van der Waals surface area contributed by atoms with Gasteiger partial charge in [-0.3, -0.25) is 4.79 Å². The minimum atomic E-state index is -0.794. The molecule has 0 bridgehead atoms. The van der Waals surface area contributed by atoms with E-state index in [4.69, 9.17) is 4.42 Å². The van der Waals surface area contributed by atoms with Gasteiger partial charge in [-0.25, -0.2) is 4.98 Å². The summed E-state index contributed by atoms with van der Waals surface area (Å²) in [7, 11) is 0. The predicted molar refractivity (Wildman–Crippen MR) is 76.1 cm³/mol. The Morgan fingerprint density at radius 1 is 1.42 bits per heavy atom. The number of aliphatic carboxylic acids is 1. The van der Waals surface area contributed by atoms with Gasteiger partial charge in [-0.1, -0.05) is 29.8 Å². The van der Waals surface area contributed by atoms with E-state index in [1.165, 1.54) is 0 Å². The number of rotatable bonds is 5. The molecule has 1 aromatic carbocycles. The van der Waals surface area contributed by atoms with Crippen LogP contribution < -0.4 is 0 Å². The standard InChI is InChI=1S/C14H16BrNO3/c1-3-14(4-2,13(17)18)8-12-16-10-7-9(15)5-6-11(10)19-12/h5-7H,3-4,8H2,1-2H3,(H,17,18). The molecule has 19 heavy (non-hydrogen) atoms. The first-order chi connectivity index (χ1) is 9.00. The third-order valence-electron chi connectivity index (χ3n) is 3.69. The van der Waals surface area contributed by atoms with E-state index < -0.39 is 11.4 Å². The monoisotopic (exact) mass is 325 g/mol. The van der Waals surface area contributed by atoms with Crippen molar-refractivity contribution in [2.24, 2.45) is 5.41 Å². The van der Waals surface area contributed by atoms with Crippen molar-refractivity contribution in [2.75, 3.05) is 0 Å². The summed E-state index contributed by atoms with van der Waals surface area (Å²) in [4.78, 5) is 15.9. The lowest BCUT2D eigenvalue weighted by Crippen LogP contribution is -2.32. The van der Waals surface area contributed by atoms with Gasteiger partial charge in [0.25, 0.3) is 0 Å². The molecule has 0 amide bonds. The molecule has 0 fully saturated rings. The maximum atomic E-state index is 11.5. The molecule has 1 heterocycles. The van der Waals surface area contributed by atoms with Gasteiger partial charge in [-0.05, 0) is 31.0 Å². The zero-order chi connectivity index (χ0) is 14.0. The number of fused-ring (bicyclic) bond motifs is 1. The van der Waals surface area contributed by atoms with E-state index in [1.807, 2.05) is 32.0 Å². The van der Waals surface area contributed by atoms with E-state index in [2.05, 4.69) is 20.9 Å². The van der Waals surface area contributed by atoms with Crippen molar-refractivity contribution < 1.29 is 14.3 Å². The number of oxazole rings is 1. The fraction of sp³-hybridized carbons (Fsp3) is 0.429. The van der Waals surface area contributed by atoms with Crippen molar-refractivity contribution in [3.05, 3.63) is 28.6 Å². The van der Waals surface area contributed by atoms with E-state index in [0.717, 1.165) is 9.99 Å². The number of carboxylic acid groups (broad SMARTS) is 1. The first kappa shape index (κ1) is 14.1. The molecule has 2 aromatic rings. The molecule has 5 heteroatoms. The van der Waals surface area contributed by atoms with E-state index in [9.17, 15) is 9.90 Å². The van der Waals surface area contributed by atoms with Crippen molar-refractivity contribution in [1.82, 2.24) is 4.98 Å². The molecule has 1 N–H and O–H groups in total. The Bertz CT molecular complexity index is 602. The highest BCUT2D eigenvalue weighted by Crippen LogP contribution is 2.32. The molecule has 0 saturated carbocycles. The minimum Gasteiger partial charge on any atom is -0.481 e. The molecule has 102 valence electrons. The summed E-state index contributed by atoms with van der Waals surface area (Å²) < 4.78 is 6.56. The summed E-state index contributed by atoms with van der Waals surface area (Å²) in [6.45, 7) is 3.77. The molecule has 0 unspecified atom stereocenters. The SMILES string of the molecule is CCC(CC)(Cc1nc2cc(Br)ccc2o1)C(=O)O. The molecule has 4 nitrogen and oxygen atoms in total. The average Bonchev–Trinajstić information content (AvgIpc) is 2.77. The average molecular weight is 326 g/mol. The lowest BCUT2D eigenvalue weighted by Gasteiger charge is -2.24. The van der Waals surface area contributed by atoms with Crippen LogP contribution in [0.4, 0.5) is 0 Å². The molecule has 0 radical (unpaired) electrons. The topological polar surface area (TPSA) is 63.3 Å². The smallest absolute Gasteiger partial charge is 0.310 e. The van der Waals surface area contributed by atoms with Crippen LogP contribution in [0.2, 0.25) is 0 Å². The Kier molecular flexibility index (Phi) is 3.94. The summed E-state index contributed by atoms with van der Waals surface area (Å²) in [6.07, 6.45) is 1.43. The Morgan fingerprint density at radius 2 is 2.11 bits per heavy atom. The molecule has 0 aliphatic rings. The molecule has 0 aliphatic carbocycles. The molecular formula is C14H16BrNO3. The van der Waals surface area contributed by atoms with Crippen LogP contribution in [-0.2, 0) is 11.2 Å². The number of benzene rings is 1. The number of hydrogen-bond acceptors (Lipinski definition) is 3. The molecule has 0 saturated heterocycles. The summed E-state index contributed by atoms with van der Waals surface area (Å²) in [5.74, 6) is -0.305. The van der Waals surface area contributed by atoms with E-state index in [1.54, 1.807) is 0 Å². The highest BCUT2D eigenvalue weighted by Gasteiger charge is 2.36. The molecule has 2 rings (SSSR count). The second kappa shape index (κ2) is 5.33. The molecule has 1 aromatic heterocycles. The normalized spacial score (nSPS) is 11.9. The van der Waals surface area contributed by atoms with Crippen molar-refractivity contribution in [2.45, 2.75) is 33.1 Å². The van der Waals surface area contributed by atoms with Crippen LogP contribution in [0, 0.1) is 5.41 Å². The van der Waals surface area contributed by atoms with Crippen LogP contribution in [0.1, 0.15) is 32.6 Å². The van der Waals surface area contributed by atoms with Crippen LogP contribution in [0.3, 0.4) is 0 Å². The third kappa shape index (κ3) is 2.66. The third-order valence-corrected chi connectivity index (χ3v) is 4.18. The van der Waals surface area contributed by atoms with Gasteiger partial charge < -0.3 is 9.52 Å². The largest absolute Gasteiger partial charge is 0.481 e. The zero-order valence-electron chi connectivity index (χ0n) is 10.9. The molecule has 0 spiro atoms. The van der Waals surface area contributed by atoms with Crippen LogP contribution in [0.25, 0.3) is 11.1 Å². The van der Waals surface area contributed by atoms with Gasteiger partial charge in [0, 0.05) is 10.9 Å². The van der Waals surface area contributed by atoms with Gasteiger partial charge in [0.15, 0.2) is 11.5 Å². The Hall–Kier alpha value is -1.36. The number of nitrogens with zero attached hydrogens (tertiary/aromatic N) is 1. The van der Waals surface area contributed by atoms with Crippen LogP contribution in [0.5, 0.6) is 0 Å². The zero-order valence-corrected chi connectivity index (χ0v) is 12.5. The number of halogens is 1. The van der Waals surface area contributed by atoms with E-state index >= 15 is 0 Å². The van der Waals surface area contributed by atoms with E-state index in [0.29, 0.717) is 30.7 Å². The first-order valence-electron chi connectivity index (χ1n) is 6.29. The minimum absolute atomic E-state index is 0.321. The van der Waals surface area contributed by atoms with Crippen LogP contribution in [-0.4, -0.2) is 16.1 Å². The highest BCUT2D eigenvalue weighted by atomic mass is 79.9. The number of aromatic nitrogens is 1. The summed E-state index contributed by atoms with van der Waals surface area (Å²) in [5, 5.41) is 9.43. The number of hydrogen-bond donors (Lipinski definition) is 1. The first-order valence-corrected chi connectivity index (χ1v) is 7.08. The highest BCUT2D eigenvalue weighted by molar-refractivity contribution is 9.10. The number of carbonyl (C=O) groups is 1. The van der Waals surface area contributed by atoms with Gasteiger partial charge in [0.2, 0.25) is 0 Å². The Labute approximate surface area is 120 Å². The van der Waals surface area contributed by atoms with Crippen molar-refractivity contribution in [1.29, 1.82) is 0 Å². The van der Waals surface area contributed by atoms with E-state index in [-0.39, 0.29) is 0 Å². The maximum absolute atomic E-state index is 11.5. The fourth-order valence-corrected chi connectivity index (χ4v) is 2.54. The van der Waals surface area contributed by atoms with Crippen LogP contribution in [0.15, 0.2) is 27.1 Å². The van der Waals surface area contributed by atoms with Gasteiger partial charge in [-0.2, -0.15) is 0 Å².